The first-order chi connectivity index (χ1) is 9.52. The molecule has 2 N–H and O–H groups in total. The number of rotatable bonds is 4. The maximum Gasteiger partial charge on any atom is 0.240 e. The zero-order valence-electron chi connectivity index (χ0n) is 11.6. The first kappa shape index (κ1) is 14.9. The van der Waals surface area contributed by atoms with E-state index in [2.05, 4.69) is 0 Å². The minimum atomic E-state index is -0.947. The number of nitrogens with zero attached hydrogens (tertiary/aromatic N) is 1. The van der Waals surface area contributed by atoms with Gasteiger partial charge in [0.2, 0.25) is 5.91 Å². The van der Waals surface area contributed by atoms with Crippen LogP contribution in [-0.2, 0) is 4.79 Å². The summed E-state index contributed by atoms with van der Waals surface area (Å²) in [6.45, 7) is 2.49. The minimum Gasteiger partial charge on any atom is -0.338 e. The number of hydrogen-bond donors (Lipinski definition) is 1. The third-order valence-corrected chi connectivity index (χ3v) is 3.90. The minimum absolute atomic E-state index is 0.131. The van der Waals surface area contributed by atoms with Crippen LogP contribution in [0.4, 0.5) is 8.78 Å². The van der Waals surface area contributed by atoms with Gasteiger partial charge in [0, 0.05) is 12.5 Å². The van der Waals surface area contributed by atoms with Gasteiger partial charge in [-0.3, -0.25) is 4.79 Å². The molecule has 0 saturated carbocycles. The van der Waals surface area contributed by atoms with Crippen molar-refractivity contribution in [3.05, 3.63) is 35.6 Å². The van der Waals surface area contributed by atoms with E-state index in [1.165, 1.54) is 17.0 Å². The van der Waals surface area contributed by atoms with Gasteiger partial charge in [0.25, 0.3) is 0 Å². The molecular weight excluding hydrogens is 262 g/mol. The number of carbonyl (C=O) groups is 1. The van der Waals surface area contributed by atoms with Crippen molar-refractivity contribution in [2.75, 3.05) is 13.1 Å². The molecule has 2 rings (SSSR count). The van der Waals surface area contributed by atoms with Crippen LogP contribution in [0.3, 0.4) is 0 Å². The van der Waals surface area contributed by atoms with E-state index >= 15 is 0 Å². The van der Waals surface area contributed by atoms with Crippen LogP contribution >= 0.6 is 0 Å². The Morgan fingerprint density at radius 2 is 2.10 bits per heavy atom. The van der Waals surface area contributed by atoms with E-state index in [0.29, 0.717) is 19.4 Å². The van der Waals surface area contributed by atoms with E-state index in [0.717, 1.165) is 5.56 Å². The maximum absolute atomic E-state index is 13.2. The summed E-state index contributed by atoms with van der Waals surface area (Å²) in [4.78, 5) is 13.8. The molecule has 0 spiro atoms. The molecule has 1 aliphatic heterocycles. The van der Waals surface area contributed by atoms with E-state index in [-0.39, 0.29) is 24.2 Å². The first-order valence-electron chi connectivity index (χ1n) is 6.96. The molecule has 1 saturated heterocycles. The molecule has 0 radical (unpaired) electrons. The van der Waals surface area contributed by atoms with Crippen molar-refractivity contribution >= 4 is 5.91 Å². The molecular formula is C15H20F2N2O. The third-order valence-electron chi connectivity index (χ3n) is 3.90. The lowest BCUT2D eigenvalue weighted by Gasteiger charge is -2.26. The highest BCUT2D eigenvalue weighted by Gasteiger charge is 2.33. The van der Waals surface area contributed by atoms with Gasteiger partial charge in [0.05, 0.1) is 12.6 Å². The Morgan fingerprint density at radius 3 is 2.60 bits per heavy atom. The summed E-state index contributed by atoms with van der Waals surface area (Å²) in [5, 5.41) is 0. The van der Waals surface area contributed by atoms with E-state index in [4.69, 9.17) is 5.73 Å². The van der Waals surface area contributed by atoms with Crippen LogP contribution in [-0.4, -0.2) is 36.1 Å². The Labute approximate surface area is 117 Å². The summed E-state index contributed by atoms with van der Waals surface area (Å²) in [5.74, 6) is -0.716. The Balaban J connectivity index is 2.10. The van der Waals surface area contributed by atoms with Crippen molar-refractivity contribution in [3.8, 4) is 0 Å². The number of carbonyl (C=O) groups excluding carboxylic acids is 1. The average molecular weight is 282 g/mol. The summed E-state index contributed by atoms with van der Waals surface area (Å²) >= 11 is 0. The van der Waals surface area contributed by atoms with Crippen LogP contribution in [0.1, 0.15) is 31.2 Å². The van der Waals surface area contributed by atoms with Crippen LogP contribution in [0.25, 0.3) is 0 Å². The summed E-state index contributed by atoms with van der Waals surface area (Å²) in [5.41, 5.74) is 6.90. The molecule has 1 aromatic rings. The SMILES string of the molecule is CC[C@@H](c1ccc(F)cc1)C(N)C(=O)N1CC[C@H](F)C1. The topological polar surface area (TPSA) is 46.3 Å². The summed E-state index contributed by atoms with van der Waals surface area (Å²) in [6, 6.07) is 5.32. The van der Waals surface area contributed by atoms with Gasteiger partial charge in [-0.2, -0.15) is 0 Å². The largest absolute Gasteiger partial charge is 0.338 e. The molecule has 0 aromatic heterocycles. The number of likely N-dealkylation sites (tertiary alicyclic amines) is 1. The number of halogens is 2. The number of nitrogens with two attached hydrogens (primary N) is 1. The van der Waals surface area contributed by atoms with Crippen molar-refractivity contribution in [3.63, 3.8) is 0 Å². The highest BCUT2D eigenvalue weighted by Crippen LogP contribution is 2.25. The molecule has 3 atom stereocenters. The lowest BCUT2D eigenvalue weighted by Crippen LogP contribution is -2.46. The van der Waals surface area contributed by atoms with Gasteiger partial charge in [0.15, 0.2) is 0 Å². The third kappa shape index (κ3) is 3.15. The second kappa shape index (κ2) is 6.31. The van der Waals surface area contributed by atoms with Gasteiger partial charge in [-0.05, 0) is 30.5 Å². The number of alkyl halides is 1. The van der Waals surface area contributed by atoms with Crippen LogP contribution in [0, 0.1) is 5.82 Å². The molecule has 3 nitrogen and oxygen atoms in total. The maximum atomic E-state index is 13.2. The van der Waals surface area contributed by atoms with Crippen LogP contribution in [0.15, 0.2) is 24.3 Å². The molecule has 0 aliphatic carbocycles. The normalized spacial score (nSPS) is 21.8. The van der Waals surface area contributed by atoms with Crippen molar-refractivity contribution in [2.45, 2.75) is 37.9 Å². The Bertz CT molecular complexity index is 463. The summed E-state index contributed by atoms with van der Waals surface area (Å²) < 4.78 is 26.1. The number of benzene rings is 1. The first-order valence-corrected chi connectivity index (χ1v) is 6.96. The predicted molar refractivity (Wildman–Crippen MR) is 73.5 cm³/mol. The zero-order chi connectivity index (χ0) is 14.7. The van der Waals surface area contributed by atoms with Crippen molar-refractivity contribution in [2.24, 2.45) is 5.73 Å². The quantitative estimate of drug-likeness (QED) is 0.920. The molecule has 1 aliphatic rings. The van der Waals surface area contributed by atoms with E-state index in [1.807, 2.05) is 6.92 Å². The van der Waals surface area contributed by atoms with Gasteiger partial charge in [-0.1, -0.05) is 19.1 Å². The number of hydrogen-bond acceptors (Lipinski definition) is 2. The molecule has 0 bridgehead atoms. The van der Waals surface area contributed by atoms with Crippen molar-refractivity contribution in [1.82, 2.24) is 4.90 Å². The van der Waals surface area contributed by atoms with Crippen LogP contribution < -0.4 is 5.73 Å². The highest BCUT2D eigenvalue weighted by molar-refractivity contribution is 5.83. The summed E-state index contributed by atoms with van der Waals surface area (Å²) in [6.07, 6.45) is 0.106. The van der Waals surface area contributed by atoms with Crippen LogP contribution in [0.5, 0.6) is 0 Å². The molecule has 1 amide bonds. The van der Waals surface area contributed by atoms with Gasteiger partial charge in [-0.25, -0.2) is 8.78 Å². The fraction of sp³-hybridized carbons (Fsp3) is 0.533. The molecule has 1 aromatic carbocycles. The van der Waals surface area contributed by atoms with Gasteiger partial charge >= 0.3 is 0 Å². The standard InChI is InChI=1S/C15H20F2N2O/c1-2-13(10-3-5-11(16)6-4-10)14(18)15(20)19-8-7-12(17)9-19/h3-6,12-14H,2,7-9,18H2,1H3/t12-,13-,14?/m0/s1. The predicted octanol–water partition coefficient (Wildman–Crippen LogP) is 2.22. The molecule has 20 heavy (non-hydrogen) atoms. The van der Waals surface area contributed by atoms with Crippen LogP contribution in [0.2, 0.25) is 0 Å². The zero-order valence-corrected chi connectivity index (χ0v) is 11.6. The average Bonchev–Trinajstić information content (AvgIpc) is 2.87. The Kier molecular flexibility index (Phi) is 4.70. The summed E-state index contributed by atoms with van der Waals surface area (Å²) in [7, 11) is 0. The lowest BCUT2D eigenvalue weighted by atomic mass is 9.89. The highest BCUT2D eigenvalue weighted by atomic mass is 19.1. The second-order valence-electron chi connectivity index (χ2n) is 5.26. The van der Waals surface area contributed by atoms with Gasteiger partial charge < -0.3 is 10.6 Å². The molecule has 1 heterocycles. The van der Waals surface area contributed by atoms with E-state index in [1.54, 1.807) is 12.1 Å². The van der Waals surface area contributed by atoms with Crippen molar-refractivity contribution in [1.29, 1.82) is 0 Å². The van der Waals surface area contributed by atoms with Gasteiger partial charge in [-0.15, -0.1) is 0 Å². The monoisotopic (exact) mass is 282 g/mol. The molecule has 5 heteroatoms. The van der Waals surface area contributed by atoms with E-state index in [9.17, 15) is 13.6 Å². The second-order valence-corrected chi connectivity index (χ2v) is 5.26. The molecule has 110 valence electrons. The Hall–Kier alpha value is -1.49. The lowest BCUT2D eigenvalue weighted by molar-refractivity contribution is -0.132. The Morgan fingerprint density at radius 1 is 1.45 bits per heavy atom. The van der Waals surface area contributed by atoms with Crippen molar-refractivity contribution < 1.29 is 13.6 Å². The molecule has 1 unspecified atom stereocenters. The van der Waals surface area contributed by atoms with E-state index < -0.39 is 12.2 Å². The van der Waals surface area contributed by atoms with Gasteiger partial charge in [0.1, 0.15) is 12.0 Å². The number of amides is 1. The smallest absolute Gasteiger partial charge is 0.240 e. The fourth-order valence-corrected chi connectivity index (χ4v) is 2.71. The molecule has 1 fully saturated rings. The fourth-order valence-electron chi connectivity index (χ4n) is 2.71.